The highest BCUT2D eigenvalue weighted by molar-refractivity contribution is 5.76. The zero-order valence-electron chi connectivity index (χ0n) is 24.2. The summed E-state index contributed by atoms with van der Waals surface area (Å²) in [5.41, 5.74) is 4.72. The van der Waals surface area contributed by atoms with Gasteiger partial charge in [0.25, 0.3) is 0 Å². The highest BCUT2D eigenvalue weighted by Crippen LogP contribution is 2.58. The minimum absolute atomic E-state index is 0.0144. The number of esters is 1. The number of aliphatic hydroxyl groups is 1. The van der Waals surface area contributed by atoms with E-state index >= 15 is 0 Å². The van der Waals surface area contributed by atoms with Crippen molar-refractivity contribution in [1.82, 2.24) is 15.1 Å². The number of hydrogen-bond donors (Lipinski definition) is 3. The Labute approximate surface area is 238 Å². The quantitative estimate of drug-likeness (QED) is 0.366. The van der Waals surface area contributed by atoms with Crippen LogP contribution in [0.1, 0.15) is 65.7 Å². The van der Waals surface area contributed by atoms with E-state index in [0.29, 0.717) is 47.8 Å². The molecule has 220 valence electrons. The number of phenols is 1. The van der Waals surface area contributed by atoms with Crippen LogP contribution in [0.4, 0.5) is 0 Å². The first-order chi connectivity index (χ1) is 19.6. The Balaban J connectivity index is 1.59. The van der Waals surface area contributed by atoms with E-state index < -0.39 is 18.2 Å². The zero-order chi connectivity index (χ0) is 29.3. The number of fused-ring (bicyclic) bond motifs is 9. The molecule has 2 aromatic carbocycles. The summed E-state index contributed by atoms with van der Waals surface area (Å²) >= 11 is 0. The van der Waals surface area contributed by atoms with Gasteiger partial charge in [0.05, 0.1) is 25.2 Å². The molecule has 4 aliphatic heterocycles. The second-order valence-corrected chi connectivity index (χ2v) is 11.3. The maximum absolute atomic E-state index is 12.5. The van der Waals surface area contributed by atoms with Crippen LogP contribution in [0, 0.1) is 13.8 Å². The number of phenolic OH excluding ortho intramolecular Hbond substituents is 1. The molecule has 6 rings (SSSR count). The van der Waals surface area contributed by atoms with E-state index in [0.717, 1.165) is 27.8 Å². The number of ether oxygens (including phenoxy) is 4. The number of rotatable bonds is 5. The normalized spacial score (nSPS) is 26.1. The van der Waals surface area contributed by atoms with Gasteiger partial charge >= 0.3 is 5.97 Å². The lowest BCUT2D eigenvalue weighted by molar-refractivity contribution is -0.172. The van der Waals surface area contributed by atoms with E-state index in [1.807, 2.05) is 31.9 Å². The molecule has 4 heterocycles. The molecule has 1 saturated heterocycles. The van der Waals surface area contributed by atoms with Crippen molar-refractivity contribution < 1.29 is 38.7 Å². The highest BCUT2D eigenvalue weighted by atomic mass is 16.7. The molecule has 0 aromatic heterocycles. The molecule has 5 atom stereocenters. The number of amides is 1. The molecule has 1 unspecified atom stereocenters. The van der Waals surface area contributed by atoms with Gasteiger partial charge in [-0.3, -0.25) is 19.4 Å². The average molecular weight is 568 g/mol. The van der Waals surface area contributed by atoms with Crippen molar-refractivity contribution in [2.45, 2.75) is 77.4 Å². The number of benzene rings is 2. The molecule has 11 heteroatoms. The SMILES string of the molecule is CCC(=O)NC[C@H]1c2c(c(OC(C)=O)c(C)c3c2OCO3)CC2[C@H]3c4c(cc(C)c(OC)c4O)C[C@@H]([C@H](O)N21)N3C. The Morgan fingerprint density at radius 3 is 2.54 bits per heavy atom. The average Bonchev–Trinajstić information content (AvgIpc) is 3.42. The fraction of sp³-hybridized carbons (Fsp3) is 0.533. The number of hydrogen-bond acceptors (Lipinski definition) is 10. The summed E-state index contributed by atoms with van der Waals surface area (Å²) < 4.78 is 23.2. The summed E-state index contributed by atoms with van der Waals surface area (Å²) in [5, 5.41) is 26.6. The summed E-state index contributed by atoms with van der Waals surface area (Å²) in [6.07, 6.45) is 0.328. The molecule has 11 nitrogen and oxygen atoms in total. The molecule has 2 aromatic rings. The lowest BCUT2D eigenvalue weighted by atomic mass is 9.73. The fourth-order valence-corrected chi connectivity index (χ4v) is 7.46. The molecule has 2 bridgehead atoms. The standard InChI is InChI=1S/C30H37N3O8/c1-7-21(35)31-11-20-23-17(27(41-15(4)34)14(3)28-29(23)40-12-39-28)10-18-24-22-16(8-13(2)26(38-6)25(22)36)9-19(32(24)5)30(37)33(18)20/h8,18-20,24,30,36-37H,7,9-12H2,1-6H3,(H,31,35)/t18?,19-,20-,24-,30-/m0/s1. The van der Waals surface area contributed by atoms with Gasteiger partial charge in [0.15, 0.2) is 23.0 Å². The highest BCUT2D eigenvalue weighted by Gasteiger charge is 2.56. The maximum atomic E-state index is 12.5. The molecule has 0 saturated carbocycles. The van der Waals surface area contributed by atoms with Gasteiger partial charge in [0.1, 0.15) is 12.0 Å². The molecule has 0 aliphatic carbocycles. The molecule has 3 N–H and O–H groups in total. The maximum Gasteiger partial charge on any atom is 0.308 e. The topological polar surface area (TPSA) is 130 Å². The van der Waals surface area contributed by atoms with Crippen molar-refractivity contribution in [3.05, 3.63) is 39.4 Å². The number of nitrogens with zero attached hydrogens (tertiary/aromatic N) is 2. The summed E-state index contributed by atoms with van der Waals surface area (Å²) in [6.45, 7) is 7.09. The van der Waals surface area contributed by atoms with Gasteiger partial charge in [-0.15, -0.1) is 0 Å². The molecule has 0 spiro atoms. The van der Waals surface area contributed by atoms with Crippen LogP contribution in [0.3, 0.4) is 0 Å². The van der Waals surface area contributed by atoms with E-state index in [9.17, 15) is 19.8 Å². The molecular weight excluding hydrogens is 530 g/mol. The number of carbonyl (C=O) groups excluding carboxylic acids is 2. The van der Waals surface area contributed by atoms with Gasteiger partial charge in [-0.1, -0.05) is 13.0 Å². The molecular formula is C30H37N3O8. The Bertz CT molecular complexity index is 1440. The van der Waals surface area contributed by atoms with Crippen LogP contribution >= 0.6 is 0 Å². The van der Waals surface area contributed by atoms with E-state index in [4.69, 9.17) is 18.9 Å². The van der Waals surface area contributed by atoms with Crippen LogP contribution in [0.15, 0.2) is 6.07 Å². The summed E-state index contributed by atoms with van der Waals surface area (Å²) in [7, 11) is 3.51. The molecule has 41 heavy (non-hydrogen) atoms. The zero-order valence-corrected chi connectivity index (χ0v) is 24.2. The first-order valence-corrected chi connectivity index (χ1v) is 14.1. The van der Waals surface area contributed by atoms with Gasteiger partial charge in [0.2, 0.25) is 12.7 Å². The van der Waals surface area contributed by atoms with E-state index in [1.165, 1.54) is 6.92 Å². The third-order valence-corrected chi connectivity index (χ3v) is 9.16. The number of nitrogens with one attached hydrogen (secondary N) is 1. The molecule has 4 aliphatic rings. The summed E-state index contributed by atoms with van der Waals surface area (Å²) in [4.78, 5) is 29.0. The predicted octanol–water partition coefficient (Wildman–Crippen LogP) is 2.40. The van der Waals surface area contributed by atoms with Crippen LogP contribution < -0.4 is 24.3 Å². The Kier molecular flexibility index (Phi) is 6.79. The third-order valence-electron chi connectivity index (χ3n) is 9.16. The van der Waals surface area contributed by atoms with Crippen LogP contribution in [-0.2, 0) is 22.4 Å². The van der Waals surface area contributed by atoms with Crippen LogP contribution in [0.2, 0.25) is 0 Å². The predicted molar refractivity (Wildman–Crippen MR) is 147 cm³/mol. The first kappa shape index (κ1) is 27.6. The number of carbonyl (C=O) groups is 2. The van der Waals surface area contributed by atoms with Gasteiger partial charge in [-0.05, 0) is 44.9 Å². The monoisotopic (exact) mass is 567 g/mol. The Morgan fingerprint density at radius 2 is 1.85 bits per heavy atom. The van der Waals surface area contributed by atoms with Crippen LogP contribution in [0.25, 0.3) is 0 Å². The van der Waals surface area contributed by atoms with E-state index in [1.54, 1.807) is 14.0 Å². The van der Waals surface area contributed by atoms with E-state index in [2.05, 4.69) is 10.2 Å². The van der Waals surface area contributed by atoms with Crippen molar-refractivity contribution in [1.29, 1.82) is 0 Å². The summed E-state index contributed by atoms with van der Waals surface area (Å²) in [6, 6.07) is 0.564. The molecule has 1 amide bonds. The Hall–Kier alpha value is -3.54. The Morgan fingerprint density at radius 1 is 1.12 bits per heavy atom. The van der Waals surface area contributed by atoms with Crippen molar-refractivity contribution in [2.24, 2.45) is 0 Å². The van der Waals surface area contributed by atoms with Crippen molar-refractivity contribution in [3.63, 3.8) is 0 Å². The smallest absolute Gasteiger partial charge is 0.308 e. The number of methoxy groups -OCH3 is 1. The molecule has 0 radical (unpaired) electrons. The molecule has 1 fully saturated rings. The largest absolute Gasteiger partial charge is 0.504 e. The van der Waals surface area contributed by atoms with Gasteiger partial charge < -0.3 is 34.5 Å². The number of aliphatic hydroxyl groups excluding tert-OH is 1. The van der Waals surface area contributed by atoms with Gasteiger partial charge in [0, 0.05) is 48.2 Å². The van der Waals surface area contributed by atoms with Gasteiger partial charge in [-0.25, -0.2) is 0 Å². The number of aromatic hydroxyl groups is 1. The van der Waals surface area contributed by atoms with Crippen LogP contribution in [0.5, 0.6) is 28.7 Å². The van der Waals surface area contributed by atoms with Crippen molar-refractivity contribution in [2.75, 3.05) is 27.5 Å². The lowest BCUT2D eigenvalue weighted by Gasteiger charge is -2.60. The van der Waals surface area contributed by atoms with Crippen molar-refractivity contribution in [3.8, 4) is 28.7 Å². The van der Waals surface area contributed by atoms with E-state index in [-0.39, 0.29) is 43.1 Å². The second kappa shape index (κ2) is 10.1. The summed E-state index contributed by atoms with van der Waals surface area (Å²) in [5.74, 6) is 1.38. The number of likely N-dealkylation sites (N-methyl/N-ethyl adjacent to an activating group) is 1. The number of piperazine rings is 1. The lowest BCUT2D eigenvalue weighted by Crippen LogP contribution is -2.69. The minimum atomic E-state index is -0.896. The fourth-order valence-electron chi connectivity index (χ4n) is 7.46. The van der Waals surface area contributed by atoms with Crippen molar-refractivity contribution >= 4 is 11.9 Å². The van der Waals surface area contributed by atoms with Crippen LogP contribution in [-0.4, -0.2) is 77.7 Å². The first-order valence-electron chi connectivity index (χ1n) is 14.1. The third kappa shape index (κ3) is 4.04. The second-order valence-electron chi connectivity index (χ2n) is 11.3. The number of aryl methyl sites for hydroxylation is 1. The van der Waals surface area contributed by atoms with Gasteiger partial charge in [-0.2, -0.15) is 0 Å². The minimum Gasteiger partial charge on any atom is -0.504 e.